The van der Waals surface area contributed by atoms with Crippen LogP contribution < -0.4 is 5.26 Å². The lowest BCUT2D eigenvalue weighted by molar-refractivity contribution is -0.777. The molecule has 10 heteroatoms. The van der Waals surface area contributed by atoms with E-state index >= 15 is 0 Å². The van der Waals surface area contributed by atoms with Gasteiger partial charge >= 0.3 is 17.2 Å². The number of rotatable bonds is 18. The van der Waals surface area contributed by atoms with Crippen LogP contribution in [-0.2, 0) is 28.4 Å². The Morgan fingerprint density at radius 2 is 1.36 bits per heavy atom. The lowest BCUT2D eigenvalue weighted by atomic mass is 9.50. The third-order valence-electron chi connectivity index (χ3n) is 8.51. The van der Waals surface area contributed by atoms with Crippen molar-refractivity contribution in [1.29, 1.82) is 0 Å². The number of unbranched alkanes of at least 4 members (excludes halogenated alkanes) is 9. The minimum absolute atomic E-state index is 0.0112. The molecule has 0 amide bonds. The van der Waals surface area contributed by atoms with E-state index in [2.05, 4.69) is 21.0 Å². The first kappa shape index (κ1) is 29.6. The number of hydrogen-bond donors (Lipinski definition) is 0. The maximum absolute atomic E-state index is 13.2. The molecule has 0 spiro atoms. The standard InChI is InChI=1S/C26H42F2O7S/c1-25(21-15-19-14-20(17-21)18-22(25)16-19)33-23(29)12-10-8-6-4-2-3-5-7-9-11-13-32-24(30)26(27,28)36-35-34-31/h19-22,31H,2-18H2,1H3/p-1. The maximum Gasteiger partial charge on any atom is 0.415 e. The summed E-state index contributed by atoms with van der Waals surface area (Å²) in [6.45, 7) is 2.10. The Morgan fingerprint density at radius 1 is 0.861 bits per heavy atom. The second-order valence-electron chi connectivity index (χ2n) is 11.1. The number of carbonyl (C=O) groups is 2. The number of hydrogen-bond acceptors (Lipinski definition) is 8. The first-order chi connectivity index (χ1) is 17.2. The summed E-state index contributed by atoms with van der Waals surface area (Å²) in [5.74, 6) is 1.13. The molecular formula is C26H41F2O7S-. The molecule has 0 aromatic carbocycles. The van der Waals surface area contributed by atoms with Crippen LogP contribution in [0.15, 0.2) is 0 Å². The normalized spacial score (nSPS) is 28.9. The molecular weight excluding hydrogens is 494 g/mol. The molecule has 36 heavy (non-hydrogen) atoms. The molecule has 0 aromatic heterocycles. The molecule has 4 bridgehead atoms. The van der Waals surface area contributed by atoms with E-state index in [1.807, 2.05) is 0 Å². The Hall–Kier alpha value is -0.970. The average molecular weight is 536 g/mol. The smallest absolute Gasteiger partial charge is 0.415 e. The molecule has 4 rings (SSSR count). The van der Waals surface area contributed by atoms with Gasteiger partial charge in [0.2, 0.25) is 0 Å². The maximum atomic E-state index is 13.2. The lowest BCUT2D eigenvalue weighted by Crippen LogP contribution is -2.57. The van der Waals surface area contributed by atoms with Gasteiger partial charge in [-0.05, 0) is 75.5 Å². The summed E-state index contributed by atoms with van der Waals surface area (Å²) in [6.07, 6.45) is 16.6. The van der Waals surface area contributed by atoms with Gasteiger partial charge in [-0.15, -0.1) is 0 Å². The van der Waals surface area contributed by atoms with Gasteiger partial charge in [-0.1, -0.05) is 51.4 Å². The van der Waals surface area contributed by atoms with Crippen molar-refractivity contribution >= 4 is 24.0 Å². The minimum atomic E-state index is -3.97. The van der Waals surface area contributed by atoms with Crippen molar-refractivity contribution in [2.24, 2.45) is 23.7 Å². The molecule has 4 fully saturated rings. The fourth-order valence-electron chi connectivity index (χ4n) is 6.71. The van der Waals surface area contributed by atoms with Gasteiger partial charge in [-0.3, -0.25) is 9.83 Å². The number of ether oxygens (including phenoxy) is 2. The molecule has 0 radical (unpaired) electrons. The topological polar surface area (TPSA) is 94.1 Å². The van der Waals surface area contributed by atoms with Gasteiger partial charge in [0.15, 0.2) is 0 Å². The van der Waals surface area contributed by atoms with E-state index in [4.69, 9.17) is 4.74 Å². The second kappa shape index (κ2) is 14.3. The summed E-state index contributed by atoms with van der Waals surface area (Å²) in [7, 11) is 0. The van der Waals surface area contributed by atoms with Crippen molar-refractivity contribution in [3.63, 3.8) is 0 Å². The van der Waals surface area contributed by atoms with Crippen LogP contribution in [0.1, 0.15) is 110 Å². The van der Waals surface area contributed by atoms with Crippen LogP contribution >= 0.6 is 12.0 Å². The van der Waals surface area contributed by atoms with Crippen LogP contribution in [-0.4, -0.2) is 29.4 Å². The van der Waals surface area contributed by atoms with Crippen molar-refractivity contribution < 1.29 is 42.5 Å². The van der Waals surface area contributed by atoms with Crippen LogP contribution in [0.3, 0.4) is 0 Å². The minimum Gasteiger partial charge on any atom is -0.691 e. The molecule has 7 nitrogen and oxygen atoms in total. The summed E-state index contributed by atoms with van der Waals surface area (Å²) in [6, 6.07) is 0. The second-order valence-corrected chi connectivity index (χ2v) is 11.9. The van der Waals surface area contributed by atoms with Crippen LogP contribution in [0.4, 0.5) is 8.78 Å². The van der Waals surface area contributed by atoms with Crippen LogP contribution in [0, 0.1) is 23.7 Å². The first-order valence-corrected chi connectivity index (χ1v) is 14.4. The molecule has 0 aromatic rings. The van der Waals surface area contributed by atoms with E-state index < -0.39 is 23.3 Å². The average Bonchev–Trinajstić information content (AvgIpc) is 2.83. The molecule has 4 saturated carbocycles. The van der Waals surface area contributed by atoms with Crippen LogP contribution in [0.5, 0.6) is 0 Å². The molecule has 4 aliphatic carbocycles. The number of halogens is 2. The molecule has 4 aliphatic rings. The zero-order valence-corrected chi connectivity index (χ0v) is 22.2. The van der Waals surface area contributed by atoms with Gasteiger partial charge in [-0.25, -0.2) is 4.79 Å². The third-order valence-corrected chi connectivity index (χ3v) is 9.01. The molecule has 0 heterocycles. The zero-order valence-electron chi connectivity index (χ0n) is 21.4. The van der Waals surface area contributed by atoms with Gasteiger partial charge in [-0.2, -0.15) is 13.1 Å². The number of esters is 2. The quantitative estimate of drug-likeness (QED) is 0.0689. The predicted molar refractivity (Wildman–Crippen MR) is 128 cm³/mol. The van der Waals surface area contributed by atoms with E-state index in [9.17, 15) is 23.6 Å². The summed E-state index contributed by atoms with van der Waals surface area (Å²) in [5, 5.41) is 8.39. The number of carbonyl (C=O) groups excluding carboxylic acids is 2. The SMILES string of the molecule is CC1(OC(=O)CCCCCCCCCCCCOC(=O)C(F)(F)SOO[O-])C2CC3CC(C2)CC1C3. The Kier molecular flexibility index (Phi) is 11.7. The Bertz CT molecular complexity index is 678. The lowest BCUT2D eigenvalue weighted by Gasteiger charge is -2.59. The number of alkyl halides is 2. The fourth-order valence-corrected chi connectivity index (χ4v) is 6.95. The van der Waals surface area contributed by atoms with Crippen molar-refractivity contribution in [1.82, 2.24) is 0 Å². The highest BCUT2D eigenvalue weighted by molar-refractivity contribution is 7.96. The van der Waals surface area contributed by atoms with Crippen molar-refractivity contribution in [3.8, 4) is 0 Å². The largest absolute Gasteiger partial charge is 0.691 e. The molecule has 208 valence electrons. The van der Waals surface area contributed by atoms with E-state index in [0.29, 0.717) is 24.7 Å². The summed E-state index contributed by atoms with van der Waals surface area (Å²) < 4.78 is 40.4. The van der Waals surface area contributed by atoms with E-state index in [1.54, 1.807) is 0 Å². The van der Waals surface area contributed by atoms with E-state index in [1.165, 1.54) is 32.1 Å². The van der Waals surface area contributed by atoms with Crippen molar-refractivity contribution in [2.75, 3.05) is 6.61 Å². The Labute approximate surface area is 217 Å². The van der Waals surface area contributed by atoms with Gasteiger partial charge in [0, 0.05) is 6.42 Å². The highest BCUT2D eigenvalue weighted by Gasteiger charge is 2.56. The van der Waals surface area contributed by atoms with Gasteiger partial charge in [0.25, 0.3) is 0 Å². The van der Waals surface area contributed by atoms with E-state index in [-0.39, 0.29) is 18.2 Å². The highest BCUT2D eigenvalue weighted by Crippen LogP contribution is 2.59. The van der Waals surface area contributed by atoms with Crippen LogP contribution in [0.25, 0.3) is 0 Å². The zero-order chi connectivity index (χ0) is 26.0. The van der Waals surface area contributed by atoms with Crippen LogP contribution in [0.2, 0.25) is 0 Å². The first-order valence-electron chi connectivity index (χ1n) is 13.7. The molecule has 0 unspecified atom stereocenters. The van der Waals surface area contributed by atoms with Crippen molar-refractivity contribution in [2.45, 2.75) is 121 Å². The van der Waals surface area contributed by atoms with Gasteiger partial charge < -0.3 is 14.7 Å². The highest BCUT2D eigenvalue weighted by atomic mass is 32.2. The Morgan fingerprint density at radius 3 is 1.89 bits per heavy atom. The molecule has 0 aliphatic heterocycles. The molecule has 0 saturated heterocycles. The monoisotopic (exact) mass is 535 g/mol. The van der Waals surface area contributed by atoms with Gasteiger partial charge in [0.1, 0.15) is 17.6 Å². The summed E-state index contributed by atoms with van der Waals surface area (Å²) in [4.78, 5) is 23.7. The molecule has 0 N–H and O–H groups in total. The van der Waals surface area contributed by atoms with E-state index in [0.717, 1.165) is 69.6 Å². The molecule has 0 atom stereocenters. The summed E-state index contributed by atoms with van der Waals surface area (Å²) >= 11 is -0.682. The van der Waals surface area contributed by atoms with Gasteiger partial charge in [0.05, 0.1) is 6.61 Å². The predicted octanol–water partition coefficient (Wildman–Crippen LogP) is 6.04. The third kappa shape index (κ3) is 8.53. The van der Waals surface area contributed by atoms with Crippen molar-refractivity contribution in [3.05, 3.63) is 0 Å². The fraction of sp³-hybridized carbons (Fsp3) is 0.923. The Balaban J connectivity index is 1.11. The summed E-state index contributed by atoms with van der Waals surface area (Å²) in [5.41, 5.74) is -0.223.